The van der Waals surface area contributed by atoms with Crippen molar-refractivity contribution in [2.75, 3.05) is 13.2 Å². The molecular formula is C11H14N2O3. The molecule has 1 aliphatic carbocycles. The molecule has 2 fully saturated rings. The zero-order chi connectivity index (χ0) is 11.9. The summed E-state index contributed by atoms with van der Waals surface area (Å²) in [5, 5.41) is 15.2. The van der Waals surface area contributed by atoms with Gasteiger partial charge in [-0.15, -0.1) is 0 Å². The predicted molar refractivity (Wildman–Crippen MR) is 54.0 cm³/mol. The topological polar surface area (TPSA) is 83.1 Å². The van der Waals surface area contributed by atoms with Crippen LogP contribution in [0.25, 0.3) is 0 Å². The summed E-state index contributed by atoms with van der Waals surface area (Å²) in [4.78, 5) is 10.9. The van der Waals surface area contributed by atoms with Crippen molar-refractivity contribution in [3.63, 3.8) is 0 Å². The van der Waals surface area contributed by atoms with Gasteiger partial charge in [0.1, 0.15) is 12.2 Å². The van der Waals surface area contributed by atoms with Gasteiger partial charge in [0.05, 0.1) is 25.4 Å². The predicted octanol–water partition coefficient (Wildman–Crippen LogP) is 1.30. The summed E-state index contributed by atoms with van der Waals surface area (Å²) < 4.78 is 10.9. The van der Waals surface area contributed by atoms with Crippen molar-refractivity contribution in [3.05, 3.63) is 0 Å². The van der Waals surface area contributed by atoms with E-state index in [0.717, 1.165) is 12.8 Å². The lowest BCUT2D eigenvalue weighted by Gasteiger charge is -2.30. The van der Waals surface area contributed by atoms with E-state index >= 15 is 0 Å². The molecule has 1 spiro atoms. The quantitative estimate of drug-likeness (QED) is 0.616. The Balaban J connectivity index is 0.000000221. The molecule has 1 aliphatic heterocycles. The van der Waals surface area contributed by atoms with Gasteiger partial charge < -0.3 is 9.47 Å². The van der Waals surface area contributed by atoms with Crippen LogP contribution >= 0.6 is 0 Å². The highest BCUT2D eigenvalue weighted by atomic mass is 16.7. The molecule has 5 heteroatoms. The monoisotopic (exact) mass is 222 g/mol. The van der Waals surface area contributed by atoms with E-state index in [-0.39, 0.29) is 12.2 Å². The molecular weight excluding hydrogens is 208 g/mol. The zero-order valence-electron chi connectivity index (χ0n) is 9.07. The molecule has 0 aromatic carbocycles. The number of hydrogen-bond donors (Lipinski definition) is 0. The number of carbonyl (C=O) groups excluding carboxylic acids is 1. The van der Waals surface area contributed by atoms with E-state index in [1.54, 1.807) is 12.1 Å². The molecule has 0 N–H and O–H groups in total. The Kier molecular flexibility index (Phi) is 4.91. The summed E-state index contributed by atoms with van der Waals surface area (Å²) in [5.74, 6) is -0.0248. The van der Waals surface area contributed by atoms with Crippen molar-refractivity contribution < 1.29 is 14.3 Å². The van der Waals surface area contributed by atoms with E-state index in [0.29, 0.717) is 31.8 Å². The summed E-state index contributed by atoms with van der Waals surface area (Å²) >= 11 is 0. The molecule has 1 heterocycles. The standard InChI is InChI=1S/C8H12O3.C3H2N2/c9-7-1-3-8(4-2-7)10-5-6-11-8;4-2-1-3-5/h1-6H2;1H2. The lowest BCUT2D eigenvalue weighted by molar-refractivity contribution is -0.179. The summed E-state index contributed by atoms with van der Waals surface area (Å²) in [6.45, 7) is 1.38. The molecule has 1 saturated heterocycles. The molecule has 5 nitrogen and oxygen atoms in total. The van der Waals surface area contributed by atoms with E-state index in [1.165, 1.54) is 0 Å². The molecule has 0 amide bonds. The number of Topliss-reactive ketones (excluding diaryl/α,β-unsaturated/α-hetero) is 1. The molecule has 0 aromatic heterocycles. The first-order valence-corrected chi connectivity index (χ1v) is 5.26. The minimum atomic E-state index is -0.367. The minimum Gasteiger partial charge on any atom is -0.348 e. The second kappa shape index (κ2) is 6.22. The fourth-order valence-electron chi connectivity index (χ4n) is 1.73. The summed E-state index contributed by atoms with van der Waals surface area (Å²) in [7, 11) is 0. The Hall–Kier alpha value is -1.43. The van der Waals surface area contributed by atoms with E-state index < -0.39 is 0 Å². The van der Waals surface area contributed by atoms with Crippen molar-refractivity contribution in [1.82, 2.24) is 0 Å². The highest BCUT2D eigenvalue weighted by molar-refractivity contribution is 5.79. The average molecular weight is 222 g/mol. The maximum absolute atomic E-state index is 10.9. The van der Waals surface area contributed by atoms with Gasteiger partial charge in [-0.05, 0) is 0 Å². The van der Waals surface area contributed by atoms with Gasteiger partial charge in [-0.1, -0.05) is 0 Å². The average Bonchev–Trinajstić information content (AvgIpc) is 2.74. The smallest absolute Gasteiger partial charge is 0.169 e. The van der Waals surface area contributed by atoms with Crippen LogP contribution in [0.1, 0.15) is 32.1 Å². The second-order valence-electron chi connectivity index (χ2n) is 3.64. The molecule has 1 saturated carbocycles. The first-order valence-electron chi connectivity index (χ1n) is 5.26. The first kappa shape index (κ1) is 12.6. The minimum absolute atomic E-state index is 0. The fraction of sp³-hybridized carbons (Fsp3) is 0.727. The van der Waals surface area contributed by atoms with Crippen molar-refractivity contribution >= 4 is 5.78 Å². The molecule has 0 unspecified atom stereocenters. The Labute approximate surface area is 94.6 Å². The van der Waals surface area contributed by atoms with Crippen molar-refractivity contribution in [1.29, 1.82) is 10.5 Å². The van der Waals surface area contributed by atoms with Crippen LogP contribution < -0.4 is 0 Å². The van der Waals surface area contributed by atoms with E-state index in [4.69, 9.17) is 20.0 Å². The van der Waals surface area contributed by atoms with Crippen LogP contribution in [0, 0.1) is 22.7 Å². The van der Waals surface area contributed by atoms with Gasteiger partial charge >= 0.3 is 0 Å². The third-order valence-corrected chi connectivity index (χ3v) is 2.54. The normalized spacial score (nSPS) is 21.8. The van der Waals surface area contributed by atoms with Gasteiger partial charge in [0.2, 0.25) is 0 Å². The number of ketones is 1. The molecule has 0 atom stereocenters. The van der Waals surface area contributed by atoms with Crippen LogP contribution in [0.5, 0.6) is 0 Å². The van der Waals surface area contributed by atoms with Crippen LogP contribution in [-0.2, 0) is 14.3 Å². The molecule has 0 radical (unpaired) electrons. The molecule has 16 heavy (non-hydrogen) atoms. The van der Waals surface area contributed by atoms with E-state index in [9.17, 15) is 4.79 Å². The van der Waals surface area contributed by atoms with Gasteiger partial charge in [-0.2, -0.15) is 10.5 Å². The van der Waals surface area contributed by atoms with Gasteiger partial charge in [-0.3, -0.25) is 4.79 Å². The third-order valence-electron chi connectivity index (χ3n) is 2.54. The van der Waals surface area contributed by atoms with Crippen LogP contribution in [-0.4, -0.2) is 24.8 Å². The number of hydrogen-bond acceptors (Lipinski definition) is 5. The van der Waals surface area contributed by atoms with Gasteiger partial charge in [0, 0.05) is 25.7 Å². The number of rotatable bonds is 0. The lowest BCUT2D eigenvalue weighted by Crippen LogP contribution is -2.35. The van der Waals surface area contributed by atoms with Crippen LogP contribution in [0.2, 0.25) is 0 Å². The zero-order valence-corrected chi connectivity index (χ0v) is 9.07. The largest absolute Gasteiger partial charge is 0.348 e. The van der Waals surface area contributed by atoms with Gasteiger partial charge in [0.15, 0.2) is 5.79 Å². The Morgan fingerprint density at radius 2 is 1.62 bits per heavy atom. The SMILES string of the molecule is N#CCC#N.O=C1CCC2(CC1)OCCO2. The lowest BCUT2D eigenvalue weighted by atomic mass is 9.93. The number of carbonyl (C=O) groups is 1. The third kappa shape index (κ3) is 3.62. The van der Waals surface area contributed by atoms with Crippen molar-refractivity contribution in [3.8, 4) is 12.1 Å². The molecule has 86 valence electrons. The summed E-state index contributed by atoms with van der Waals surface area (Å²) in [6, 6.07) is 3.31. The molecule has 0 bridgehead atoms. The summed E-state index contributed by atoms with van der Waals surface area (Å²) in [5.41, 5.74) is 0. The number of ether oxygens (including phenoxy) is 2. The van der Waals surface area contributed by atoms with Gasteiger partial charge in [-0.25, -0.2) is 0 Å². The van der Waals surface area contributed by atoms with Gasteiger partial charge in [0.25, 0.3) is 0 Å². The molecule has 2 aliphatic rings. The summed E-state index contributed by atoms with van der Waals surface area (Å²) in [6.07, 6.45) is 2.76. The maximum Gasteiger partial charge on any atom is 0.169 e. The Bertz CT molecular complexity index is 297. The number of nitrogens with zero attached hydrogens (tertiary/aromatic N) is 2. The van der Waals surface area contributed by atoms with Crippen LogP contribution in [0.4, 0.5) is 0 Å². The van der Waals surface area contributed by atoms with Crippen molar-refractivity contribution in [2.45, 2.75) is 37.9 Å². The molecule has 2 rings (SSSR count). The van der Waals surface area contributed by atoms with Crippen LogP contribution in [0.3, 0.4) is 0 Å². The van der Waals surface area contributed by atoms with Crippen LogP contribution in [0.15, 0.2) is 0 Å². The fourth-order valence-corrected chi connectivity index (χ4v) is 1.73. The van der Waals surface area contributed by atoms with Crippen molar-refractivity contribution in [2.24, 2.45) is 0 Å². The Morgan fingerprint density at radius 3 is 2.00 bits per heavy atom. The van der Waals surface area contributed by atoms with E-state index in [1.807, 2.05) is 0 Å². The maximum atomic E-state index is 10.9. The highest BCUT2D eigenvalue weighted by Gasteiger charge is 2.39. The first-order chi connectivity index (χ1) is 7.72. The second-order valence-corrected chi connectivity index (χ2v) is 3.64. The van der Waals surface area contributed by atoms with E-state index in [2.05, 4.69) is 0 Å². The Morgan fingerprint density at radius 1 is 1.12 bits per heavy atom. The highest BCUT2D eigenvalue weighted by Crippen LogP contribution is 2.33. The molecule has 0 aromatic rings. The number of nitriles is 2.